The minimum atomic E-state index is -4.53. The van der Waals surface area contributed by atoms with Crippen LogP contribution in [0.1, 0.15) is 239 Å². The Bertz CT molecular complexity index is 870. The molecule has 0 aromatic rings. The van der Waals surface area contributed by atoms with Gasteiger partial charge in [0.2, 0.25) is 5.91 Å². The maximum Gasteiger partial charge on any atom is 0.268 e. The molecule has 0 saturated heterocycles. The lowest BCUT2D eigenvalue weighted by molar-refractivity contribution is -0.870. The van der Waals surface area contributed by atoms with Gasteiger partial charge in [-0.05, 0) is 12.8 Å². The number of amides is 1. The molecule has 2 N–H and O–H groups in total. The van der Waals surface area contributed by atoms with E-state index in [1.54, 1.807) is 0 Å². The zero-order valence-electron chi connectivity index (χ0n) is 37.4. The molecule has 0 aliphatic rings. The summed E-state index contributed by atoms with van der Waals surface area (Å²) in [5.74, 6) is -0.215. The predicted molar refractivity (Wildman–Crippen MR) is 233 cm³/mol. The molecule has 0 heterocycles. The van der Waals surface area contributed by atoms with Crippen molar-refractivity contribution in [3.63, 3.8) is 0 Å². The number of hydrogen-bond donors (Lipinski definition) is 2. The van der Waals surface area contributed by atoms with Gasteiger partial charge in [0.25, 0.3) is 7.82 Å². The third kappa shape index (κ3) is 41.5. The largest absolute Gasteiger partial charge is 0.756 e. The Labute approximate surface area is 342 Å². The van der Waals surface area contributed by atoms with Crippen molar-refractivity contribution in [2.24, 2.45) is 0 Å². The van der Waals surface area contributed by atoms with E-state index in [2.05, 4.69) is 12.2 Å². The van der Waals surface area contributed by atoms with Crippen molar-refractivity contribution in [3.8, 4) is 0 Å². The van der Waals surface area contributed by atoms with Crippen LogP contribution in [0.2, 0.25) is 0 Å². The number of carbonyl (C=O) groups excluding carboxylic acids is 1. The summed E-state index contributed by atoms with van der Waals surface area (Å²) >= 11 is 0. The van der Waals surface area contributed by atoms with Crippen LogP contribution in [0.5, 0.6) is 0 Å². The number of unbranched alkanes of at least 4 members (excludes halogenated alkanes) is 31. The van der Waals surface area contributed by atoms with Gasteiger partial charge in [0, 0.05) is 6.42 Å². The first-order chi connectivity index (χ1) is 26.5. The number of phosphoric ester groups is 1. The van der Waals surface area contributed by atoms with Crippen LogP contribution in [0.15, 0.2) is 0 Å². The maximum absolute atomic E-state index is 12.2. The molecule has 0 aromatic heterocycles. The van der Waals surface area contributed by atoms with E-state index in [-0.39, 0.29) is 19.1 Å². The van der Waals surface area contributed by atoms with Gasteiger partial charge in [0.05, 0.1) is 39.9 Å². The molecule has 0 rings (SSSR count). The van der Waals surface area contributed by atoms with Crippen LogP contribution in [0.25, 0.3) is 0 Å². The number of quaternary nitrogens is 1. The van der Waals surface area contributed by atoms with Crippen molar-refractivity contribution in [3.05, 3.63) is 0 Å². The lowest BCUT2D eigenvalue weighted by atomic mass is 10.0. The van der Waals surface area contributed by atoms with E-state index in [0.717, 1.165) is 19.3 Å². The summed E-state index contributed by atoms with van der Waals surface area (Å²) in [6, 6.07) is -0.790. The normalized spacial score (nSPS) is 14.2. The van der Waals surface area contributed by atoms with Gasteiger partial charge in [-0.25, -0.2) is 0 Å². The third-order valence-corrected chi connectivity index (χ3v) is 12.0. The molecule has 0 spiro atoms. The second-order valence-electron chi connectivity index (χ2n) is 17.8. The van der Waals surface area contributed by atoms with Gasteiger partial charge >= 0.3 is 0 Å². The Morgan fingerprint density at radius 2 is 0.891 bits per heavy atom. The number of phosphoric acid groups is 1. The number of aliphatic hydroxyl groups is 1. The Morgan fingerprint density at radius 3 is 1.20 bits per heavy atom. The summed E-state index contributed by atoms with van der Waals surface area (Å²) in [5, 5.41) is 13.6. The molecule has 0 aromatic carbocycles. The number of nitrogens with zero attached hydrogens (tertiary/aromatic N) is 1. The van der Waals surface area contributed by atoms with Gasteiger partial charge in [-0.1, -0.05) is 219 Å². The highest BCUT2D eigenvalue weighted by atomic mass is 31.2. The molecule has 8 nitrogen and oxygen atoms in total. The number of rotatable bonds is 44. The van der Waals surface area contributed by atoms with Crippen molar-refractivity contribution >= 4 is 13.7 Å². The average Bonchev–Trinajstić information content (AvgIpc) is 3.13. The third-order valence-electron chi connectivity index (χ3n) is 11.1. The Morgan fingerprint density at radius 1 is 0.564 bits per heavy atom. The predicted octanol–water partition coefficient (Wildman–Crippen LogP) is 12.7. The first kappa shape index (κ1) is 54.5. The lowest BCUT2D eigenvalue weighted by Crippen LogP contribution is -2.46. The smallest absolute Gasteiger partial charge is 0.268 e. The van der Waals surface area contributed by atoms with Gasteiger partial charge in [-0.3, -0.25) is 9.36 Å². The molecule has 3 unspecified atom stereocenters. The van der Waals surface area contributed by atoms with Crippen LogP contribution in [0, 0.1) is 0 Å². The van der Waals surface area contributed by atoms with Gasteiger partial charge in [0.1, 0.15) is 13.2 Å². The highest BCUT2D eigenvalue weighted by molar-refractivity contribution is 7.45. The molecule has 55 heavy (non-hydrogen) atoms. The summed E-state index contributed by atoms with van der Waals surface area (Å²) in [5.41, 5.74) is 0. The molecule has 0 radical (unpaired) electrons. The highest BCUT2D eigenvalue weighted by Gasteiger charge is 2.24. The highest BCUT2D eigenvalue weighted by Crippen LogP contribution is 2.38. The molecule has 0 aliphatic carbocycles. The van der Waals surface area contributed by atoms with Crippen LogP contribution >= 0.6 is 7.82 Å². The van der Waals surface area contributed by atoms with Crippen LogP contribution in [0.3, 0.4) is 0 Å². The first-order valence-corrected chi connectivity index (χ1v) is 25.3. The lowest BCUT2D eigenvalue weighted by Gasteiger charge is -2.30. The van der Waals surface area contributed by atoms with E-state index in [1.165, 1.54) is 186 Å². The fraction of sp³-hybridized carbons (Fsp3) is 0.978. The summed E-state index contributed by atoms with van der Waals surface area (Å²) in [6.07, 6.45) is 44.6. The van der Waals surface area contributed by atoms with Crippen molar-refractivity contribution in [1.29, 1.82) is 0 Å². The van der Waals surface area contributed by atoms with E-state index in [0.29, 0.717) is 30.3 Å². The first-order valence-electron chi connectivity index (χ1n) is 23.9. The standard InChI is InChI=1S/C46H95N2O6P/c1-6-8-9-10-11-12-13-14-15-16-17-18-19-20-21-22-23-24-25-26-27-28-29-30-31-32-33-34-35-36-37-38-40-45(49)44(47-46(50)39-7-2)43-54-55(51,52)53-42-41-48(3,4)5/h44-45,49H,6-43H2,1-5H3,(H-,47,50,51,52). The van der Waals surface area contributed by atoms with E-state index in [1.807, 2.05) is 28.1 Å². The van der Waals surface area contributed by atoms with Gasteiger partial charge in [-0.2, -0.15) is 0 Å². The number of hydrogen-bond acceptors (Lipinski definition) is 6. The monoisotopic (exact) mass is 803 g/mol. The molecule has 0 bridgehead atoms. The van der Waals surface area contributed by atoms with Gasteiger partial charge in [0.15, 0.2) is 0 Å². The summed E-state index contributed by atoms with van der Waals surface area (Å²) < 4.78 is 22.9. The molecular formula is C46H95N2O6P. The van der Waals surface area contributed by atoms with Crippen LogP contribution in [0.4, 0.5) is 0 Å². The number of carbonyl (C=O) groups is 1. The molecule has 3 atom stereocenters. The van der Waals surface area contributed by atoms with Crippen molar-refractivity contribution in [1.82, 2.24) is 5.32 Å². The average molecular weight is 803 g/mol. The van der Waals surface area contributed by atoms with Crippen LogP contribution < -0.4 is 10.2 Å². The minimum Gasteiger partial charge on any atom is -0.756 e. The van der Waals surface area contributed by atoms with Crippen molar-refractivity contribution in [2.45, 2.75) is 251 Å². The van der Waals surface area contributed by atoms with Gasteiger partial charge in [-0.15, -0.1) is 0 Å². The van der Waals surface area contributed by atoms with E-state index < -0.39 is 20.0 Å². The Hall–Kier alpha value is -0.500. The molecule has 0 saturated carbocycles. The quantitative estimate of drug-likeness (QED) is 0.0361. The number of likely N-dealkylation sites (N-methyl/N-ethyl adjacent to an activating group) is 1. The Balaban J connectivity index is 3.61. The van der Waals surface area contributed by atoms with E-state index in [4.69, 9.17) is 9.05 Å². The molecule has 9 heteroatoms. The molecule has 330 valence electrons. The van der Waals surface area contributed by atoms with Crippen molar-refractivity contribution < 1.29 is 32.9 Å². The summed E-state index contributed by atoms with van der Waals surface area (Å²) in [7, 11) is 1.31. The van der Waals surface area contributed by atoms with Crippen molar-refractivity contribution in [2.75, 3.05) is 40.9 Å². The molecule has 0 fully saturated rings. The van der Waals surface area contributed by atoms with Gasteiger partial charge < -0.3 is 28.8 Å². The second kappa shape index (κ2) is 39.0. The minimum absolute atomic E-state index is 0.0133. The fourth-order valence-corrected chi connectivity index (χ4v) is 8.04. The SMILES string of the molecule is CCCCCCCCCCCCCCCCCCCCCCCCCCCCCCCCCCC(O)C(COP(=O)([O-])OCC[N+](C)(C)C)NC(=O)CCC. The maximum atomic E-state index is 12.2. The van der Waals surface area contributed by atoms with Crippen LogP contribution in [-0.2, 0) is 18.4 Å². The number of aliphatic hydroxyl groups excluding tert-OH is 1. The van der Waals surface area contributed by atoms with E-state index in [9.17, 15) is 19.4 Å². The molecule has 1 amide bonds. The topological polar surface area (TPSA) is 108 Å². The van der Waals surface area contributed by atoms with E-state index >= 15 is 0 Å². The summed E-state index contributed by atoms with van der Waals surface area (Å²) in [6.45, 7) is 4.39. The molecule has 0 aliphatic heterocycles. The van der Waals surface area contributed by atoms with Crippen LogP contribution in [-0.4, -0.2) is 68.5 Å². The number of nitrogens with one attached hydrogen (secondary N) is 1. The zero-order valence-corrected chi connectivity index (χ0v) is 38.3. The Kier molecular flexibility index (Phi) is 38.6. The summed E-state index contributed by atoms with van der Waals surface area (Å²) in [4.78, 5) is 24.5. The molecular weight excluding hydrogens is 707 g/mol. The fourth-order valence-electron chi connectivity index (χ4n) is 7.32. The zero-order chi connectivity index (χ0) is 40.7. The second-order valence-corrected chi connectivity index (χ2v) is 19.2.